The van der Waals surface area contributed by atoms with E-state index < -0.39 is 0 Å². The number of morpholine rings is 1. The minimum atomic E-state index is 0.0392. The first-order valence-electron chi connectivity index (χ1n) is 11.5. The quantitative estimate of drug-likeness (QED) is 0.377. The van der Waals surface area contributed by atoms with Crippen molar-refractivity contribution in [1.29, 1.82) is 0 Å². The smallest absolute Gasteiger partial charge is 0.233 e. The van der Waals surface area contributed by atoms with Crippen molar-refractivity contribution < 1.29 is 19.0 Å². The molecule has 1 amide bonds. The molecule has 1 saturated heterocycles. The lowest BCUT2D eigenvalue weighted by Gasteiger charge is -2.26. The molecule has 3 heterocycles. The summed E-state index contributed by atoms with van der Waals surface area (Å²) in [4.78, 5) is 26.5. The Kier molecular flexibility index (Phi) is 7.13. The molecule has 8 nitrogen and oxygen atoms in total. The van der Waals surface area contributed by atoms with Gasteiger partial charge in [-0.2, -0.15) is 0 Å². The van der Waals surface area contributed by atoms with Crippen LogP contribution in [0.5, 0.6) is 11.5 Å². The normalized spacial score (nSPS) is 15.9. The van der Waals surface area contributed by atoms with E-state index in [1.165, 1.54) is 11.8 Å². The first-order chi connectivity index (χ1) is 16.7. The molecule has 9 heteroatoms. The van der Waals surface area contributed by atoms with Crippen LogP contribution in [0, 0.1) is 0 Å². The monoisotopic (exact) mass is 480 g/mol. The largest absolute Gasteiger partial charge is 0.486 e. The van der Waals surface area contributed by atoms with E-state index in [9.17, 15) is 4.79 Å². The van der Waals surface area contributed by atoms with Crippen molar-refractivity contribution in [3.63, 3.8) is 0 Å². The zero-order valence-electron chi connectivity index (χ0n) is 19.2. The highest BCUT2D eigenvalue weighted by Gasteiger charge is 2.18. The maximum Gasteiger partial charge on any atom is 0.233 e. The topological polar surface area (TPSA) is 77.0 Å². The van der Waals surface area contributed by atoms with Gasteiger partial charge in [-0.15, -0.1) is 0 Å². The lowest BCUT2D eigenvalue weighted by atomic mass is 10.2. The molecule has 1 aromatic heterocycles. The maximum absolute atomic E-state index is 12.9. The van der Waals surface area contributed by atoms with Gasteiger partial charge in [0.1, 0.15) is 24.1 Å². The number of thioether (sulfide) groups is 1. The SMILES string of the molecule is CN(Cc1ccc2c(c1)OCCO2)C(=O)CSc1nc(CN2CCOCC2)nc2ccccc12. The van der Waals surface area contributed by atoms with Crippen LogP contribution in [0.3, 0.4) is 0 Å². The number of ether oxygens (including phenoxy) is 3. The van der Waals surface area contributed by atoms with Crippen molar-refractivity contribution in [3.05, 3.63) is 53.9 Å². The van der Waals surface area contributed by atoms with Crippen LogP contribution >= 0.6 is 11.8 Å². The maximum atomic E-state index is 12.9. The van der Waals surface area contributed by atoms with Gasteiger partial charge in [0.2, 0.25) is 5.91 Å². The van der Waals surface area contributed by atoms with Crippen molar-refractivity contribution >= 4 is 28.6 Å². The Balaban J connectivity index is 1.25. The third-order valence-corrected chi connectivity index (χ3v) is 6.84. The number of rotatable bonds is 7. The van der Waals surface area contributed by atoms with E-state index in [2.05, 4.69) is 4.90 Å². The number of carbonyl (C=O) groups excluding carboxylic acids is 1. The lowest BCUT2D eigenvalue weighted by Crippen LogP contribution is -2.36. The number of hydrogen-bond acceptors (Lipinski definition) is 8. The molecule has 3 aromatic rings. The summed E-state index contributed by atoms with van der Waals surface area (Å²) in [5.74, 6) is 2.61. The number of aromatic nitrogens is 2. The first-order valence-corrected chi connectivity index (χ1v) is 12.5. The Morgan fingerprint density at radius 2 is 1.82 bits per heavy atom. The molecule has 1 fully saturated rings. The van der Waals surface area contributed by atoms with Gasteiger partial charge in [0.05, 0.1) is 31.0 Å². The second-order valence-electron chi connectivity index (χ2n) is 8.37. The predicted molar refractivity (Wildman–Crippen MR) is 130 cm³/mol. The van der Waals surface area contributed by atoms with Crippen LogP contribution in [0.2, 0.25) is 0 Å². The summed E-state index contributed by atoms with van der Waals surface area (Å²) in [5, 5.41) is 1.82. The molecule has 5 rings (SSSR count). The highest BCUT2D eigenvalue weighted by atomic mass is 32.2. The number of benzene rings is 2. The summed E-state index contributed by atoms with van der Waals surface area (Å²) in [5.41, 5.74) is 1.91. The third kappa shape index (κ3) is 5.43. The molecule has 0 bridgehead atoms. The fraction of sp³-hybridized carbons (Fsp3) is 0.400. The molecule has 2 aromatic carbocycles. The van der Waals surface area contributed by atoms with Gasteiger partial charge in [-0.1, -0.05) is 36.0 Å². The minimum absolute atomic E-state index is 0.0392. The Bertz CT molecular complexity index is 1170. The Hall–Kier alpha value is -2.88. The predicted octanol–water partition coefficient (Wildman–Crippen LogP) is 2.98. The number of fused-ring (bicyclic) bond motifs is 2. The average molecular weight is 481 g/mol. The van der Waals surface area contributed by atoms with Crippen LogP contribution in [0.4, 0.5) is 0 Å². The molecule has 0 aliphatic carbocycles. The number of nitrogens with zero attached hydrogens (tertiary/aromatic N) is 4. The van der Waals surface area contributed by atoms with Crippen LogP contribution in [0.15, 0.2) is 47.5 Å². The highest BCUT2D eigenvalue weighted by molar-refractivity contribution is 8.00. The summed E-state index contributed by atoms with van der Waals surface area (Å²) in [7, 11) is 1.82. The van der Waals surface area contributed by atoms with Crippen LogP contribution in [0.25, 0.3) is 10.9 Å². The molecule has 2 aliphatic heterocycles. The van der Waals surface area contributed by atoms with Crippen LogP contribution in [-0.2, 0) is 22.6 Å². The van der Waals surface area contributed by atoms with E-state index >= 15 is 0 Å². The summed E-state index contributed by atoms with van der Waals surface area (Å²) in [6.45, 7) is 5.51. The van der Waals surface area contributed by atoms with Gasteiger partial charge < -0.3 is 19.1 Å². The van der Waals surface area contributed by atoms with E-state index in [0.717, 1.165) is 65.1 Å². The van der Waals surface area contributed by atoms with Gasteiger partial charge >= 0.3 is 0 Å². The average Bonchev–Trinajstić information content (AvgIpc) is 2.87. The molecular weight excluding hydrogens is 452 g/mol. The van der Waals surface area contributed by atoms with Crippen molar-refractivity contribution in [2.75, 3.05) is 52.3 Å². The van der Waals surface area contributed by atoms with Gasteiger partial charge in [0.15, 0.2) is 11.5 Å². The number of amides is 1. The van der Waals surface area contributed by atoms with Crippen LogP contribution < -0.4 is 9.47 Å². The molecule has 0 N–H and O–H groups in total. The summed E-state index contributed by atoms with van der Waals surface area (Å²) < 4.78 is 16.7. The Labute approximate surface area is 203 Å². The van der Waals surface area contributed by atoms with E-state index in [-0.39, 0.29) is 5.91 Å². The second kappa shape index (κ2) is 10.6. The summed E-state index contributed by atoms with van der Waals surface area (Å²) in [6.07, 6.45) is 0. The molecule has 34 heavy (non-hydrogen) atoms. The molecule has 0 unspecified atom stereocenters. The van der Waals surface area contributed by atoms with Crippen LogP contribution in [-0.4, -0.2) is 78.0 Å². The van der Waals surface area contributed by atoms with Gasteiger partial charge in [0.25, 0.3) is 0 Å². The number of para-hydroxylation sites is 1. The standard InChI is InChI=1S/C25H28N4O4S/c1-28(15-18-6-7-21-22(14-18)33-13-12-32-21)24(30)17-34-25-19-4-2-3-5-20(19)26-23(27-25)16-29-8-10-31-11-9-29/h2-7,14H,8-13,15-17H2,1H3. The van der Waals surface area contributed by atoms with Gasteiger partial charge in [-0.25, -0.2) is 9.97 Å². The second-order valence-corrected chi connectivity index (χ2v) is 9.33. The van der Waals surface area contributed by atoms with Gasteiger partial charge in [0, 0.05) is 32.1 Å². The molecule has 0 atom stereocenters. The van der Waals surface area contributed by atoms with Crippen LogP contribution in [0.1, 0.15) is 11.4 Å². The van der Waals surface area contributed by atoms with Gasteiger partial charge in [-0.3, -0.25) is 9.69 Å². The van der Waals surface area contributed by atoms with Crippen molar-refractivity contribution in [2.45, 2.75) is 18.1 Å². The Morgan fingerprint density at radius 3 is 2.68 bits per heavy atom. The highest BCUT2D eigenvalue weighted by Crippen LogP contribution is 2.31. The first kappa shape index (κ1) is 22.9. The van der Waals surface area contributed by atoms with E-state index in [1.54, 1.807) is 4.90 Å². The fourth-order valence-corrected chi connectivity index (χ4v) is 5.00. The van der Waals surface area contributed by atoms with E-state index in [0.29, 0.717) is 32.1 Å². The number of carbonyl (C=O) groups is 1. The number of hydrogen-bond donors (Lipinski definition) is 0. The Morgan fingerprint density at radius 1 is 1.03 bits per heavy atom. The van der Waals surface area contributed by atoms with Crippen molar-refractivity contribution in [1.82, 2.24) is 19.8 Å². The molecule has 2 aliphatic rings. The molecule has 178 valence electrons. The van der Waals surface area contributed by atoms with E-state index in [4.69, 9.17) is 24.2 Å². The molecule has 0 saturated carbocycles. The molecule has 0 spiro atoms. The minimum Gasteiger partial charge on any atom is -0.486 e. The molecular formula is C25H28N4O4S. The summed E-state index contributed by atoms with van der Waals surface area (Å²) >= 11 is 1.47. The lowest BCUT2D eigenvalue weighted by molar-refractivity contribution is -0.127. The van der Waals surface area contributed by atoms with E-state index in [1.807, 2.05) is 49.5 Å². The molecule has 0 radical (unpaired) electrons. The van der Waals surface area contributed by atoms with Crippen molar-refractivity contribution in [2.24, 2.45) is 0 Å². The zero-order chi connectivity index (χ0) is 23.3. The third-order valence-electron chi connectivity index (χ3n) is 5.87. The van der Waals surface area contributed by atoms with Crippen molar-refractivity contribution in [3.8, 4) is 11.5 Å². The summed E-state index contributed by atoms with van der Waals surface area (Å²) in [6, 6.07) is 13.8. The fourth-order valence-electron chi connectivity index (χ4n) is 4.02. The van der Waals surface area contributed by atoms with Gasteiger partial charge in [-0.05, 0) is 23.8 Å². The zero-order valence-corrected chi connectivity index (χ0v) is 20.1.